The highest BCUT2D eigenvalue weighted by atomic mass is 16.5. The van der Waals surface area contributed by atoms with Gasteiger partial charge in [-0.1, -0.05) is 0 Å². The lowest BCUT2D eigenvalue weighted by atomic mass is 10.2. The molecule has 0 aliphatic heterocycles. The van der Waals surface area contributed by atoms with Crippen LogP contribution < -0.4 is 15.8 Å². The van der Waals surface area contributed by atoms with Crippen molar-refractivity contribution in [3.05, 3.63) is 47.2 Å². The molecule has 0 aromatic carbocycles. The van der Waals surface area contributed by atoms with Crippen LogP contribution in [0.5, 0.6) is 0 Å². The third-order valence-electron chi connectivity index (χ3n) is 2.33. The van der Waals surface area contributed by atoms with E-state index in [9.17, 15) is 5.21 Å². The van der Waals surface area contributed by atoms with Gasteiger partial charge in [-0.3, -0.25) is 5.32 Å². The van der Waals surface area contributed by atoms with Crippen LogP contribution in [0, 0.1) is 12.1 Å². The molecule has 0 amide bonds. The fourth-order valence-corrected chi connectivity index (χ4v) is 1.37. The van der Waals surface area contributed by atoms with Gasteiger partial charge in [0.1, 0.15) is 18.5 Å². The molecule has 0 atom stereocenters. The minimum atomic E-state index is 0.461. The van der Waals surface area contributed by atoms with Crippen molar-refractivity contribution in [1.82, 2.24) is 0 Å². The zero-order valence-corrected chi connectivity index (χ0v) is 8.93. The standard InChI is InChI=1S/C11H13N3O2/c1-8-5-11(14(15)7-10(8)12)13-6-9-3-2-4-16-9/h2-5,7,13H,6,12H2,1H3. The van der Waals surface area contributed by atoms with Crippen LogP contribution in [0.25, 0.3) is 0 Å². The monoisotopic (exact) mass is 219 g/mol. The summed E-state index contributed by atoms with van der Waals surface area (Å²) in [5.74, 6) is 1.23. The van der Waals surface area contributed by atoms with Crippen LogP contribution in [0.2, 0.25) is 0 Å². The molecule has 2 heterocycles. The fraction of sp³-hybridized carbons (Fsp3) is 0.182. The maximum Gasteiger partial charge on any atom is 0.278 e. The molecule has 0 spiro atoms. The molecule has 3 N–H and O–H groups in total. The van der Waals surface area contributed by atoms with E-state index in [4.69, 9.17) is 10.2 Å². The van der Waals surface area contributed by atoms with E-state index in [1.54, 1.807) is 18.4 Å². The number of nitrogens with two attached hydrogens (primary N) is 1. The van der Waals surface area contributed by atoms with Crippen LogP contribution in [0.1, 0.15) is 11.3 Å². The van der Waals surface area contributed by atoms with Crippen molar-refractivity contribution < 1.29 is 9.15 Å². The quantitative estimate of drug-likeness (QED) is 0.604. The Hall–Kier alpha value is -2.17. The average molecular weight is 219 g/mol. The lowest BCUT2D eigenvalue weighted by molar-refractivity contribution is -0.589. The van der Waals surface area contributed by atoms with E-state index in [1.807, 2.05) is 13.0 Å². The highest BCUT2D eigenvalue weighted by Crippen LogP contribution is 2.12. The van der Waals surface area contributed by atoms with Crippen molar-refractivity contribution in [2.45, 2.75) is 13.5 Å². The van der Waals surface area contributed by atoms with Crippen LogP contribution in [0.4, 0.5) is 11.5 Å². The van der Waals surface area contributed by atoms with Crippen LogP contribution in [0.15, 0.2) is 35.1 Å². The van der Waals surface area contributed by atoms with E-state index in [1.165, 1.54) is 6.20 Å². The predicted molar refractivity (Wildman–Crippen MR) is 60.6 cm³/mol. The first-order chi connectivity index (χ1) is 7.66. The molecule has 84 valence electrons. The zero-order valence-electron chi connectivity index (χ0n) is 8.93. The molecular formula is C11H13N3O2. The summed E-state index contributed by atoms with van der Waals surface area (Å²) >= 11 is 0. The summed E-state index contributed by atoms with van der Waals surface area (Å²) in [6.07, 6.45) is 2.94. The van der Waals surface area contributed by atoms with E-state index in [-0.39, 0.29) is 0 Å². The number of nitrogen functional groups attached to an aromatic ring is 1. The summed E-state index contributed by atoms with van der Waals surface area (Å²) in [5, 5.41) is 14.5. The number of hydrogen-bond donors (Lipinski definition) is 2. The molecular weight excluding hydrogens is 206 g/mol. The molecule has 0 unspecified atom stereocenters. The second-order valence-corrected chi connectivity index (χ2v) is 3.56. The van der Waals surface area contributed by atoms with Gasteiger partial charge in [-0.15, -0.1) is 0 Å². The molecule has 16 heavy (non-hydrogen) atoms. The number of rotatable bonds is 3. The first-order valence-corrected chi connectivity index (χ1v) is 4.92. The van der Waals surface area contributed by atoms with E-state index in [0.29, 0.717) is 22.8 Å². The highest BCUT2D eigenvalue weighted by Gasteiger charge is 2.07. The second kappa shape index (κ2) is 4.14. The minimum absolute atomic E-state index is 0.461. The van der Waals surface area contributed by atoms with Gasteiger partial charge in [0.2, 0.25) is 0 Å². The van der Waals surface area contributed by atoms with Gasteiger partial charge in [-0.25, -0.2) is 4.73 Å². The molecule has 5 nitrogen and oxygen atoms in total. The third kappa shape index (κ3) is 2.08. The van der Waals surface area contributed by atoms with Crippen molar-refractivity contribution >= 4 is 11.5 Å². The van der Waals surface area contributed by atoms with Crippen molar-refractivity contribution in [2.75, 3.05) is 11.1 Å². The number of nitrogens with one attached hydrogen (secondary N) is 1. The van der Waals surface area contributed by atoms with Gasteiger partial charge in [0, 0.05) is 6.07 Å². The van der Waals surface area contributed by atoms with Gasteiger partial charge < -0.3 is 15.4 Å². The second-order valence-electron chi connectivity index (χ2n) is 3.56. The summed E-state index contributed by atoms with van der Waals surface area (Å²) in [4.78, 5) is 0. The zero-order chi connectivity index (χ0) is 11.5. The van der Waals surface area contributed by atoms with Crippen molar-refractivity contribution in [2.24, 2.45) is 0 Å². The number of nitrogens with zero attached hydrogens (tertiary/aromatic N) is 1. The Morgan fingerprint density at radius 1 is 1.56 bits per heavy atom. The number of anilines is 2. The van der Waals surface area contributed by atoms with Gasteiger partial charge >= 0.3 is 0 Å². The molecule has 0 fully saturated rings. The molecule has 2 rings (SSSR count). The van der Waals surface area contributed by atoms with Gasteiger partial charge in [0.15, 0.2) is 0 Å². The highest BCUT2D eigenvalue weighted by molar-refractivity contribution is 5.47. The largest absolute Gasteiger partial charge is 0.711 e. The van der Waals surface area contributed by atoms with E-state index < -0.39 is 0 Å². The molecule has 0 aliphatic rings. The molecule has 2 aromatic rings. The van der Waals surface area contributed by atoms with Gasteiger partial charge in [0.25, 0.3) is 5.82 Å². The number of aromatic nitrogens is 1. The van der Waals surface area contributed by atoms with E-state index in [2.05, 4.69) is 5.32 Å². The Morgan fingerprint density at radius 2 is 2.38 bits per heavy atom. The van der Waals surface area contributed by atoms with Crippen molar-refractivity contribution in [3.63, 3.8) is 0 Å². The van der Waals surface area contributed by atoms with Crippen molar-refractivity contribution in [3.8, 4) is 0 Å². The third-order valence-corrected chi connectivity index (χ3v) is 2.33. The number of furan rings is 1. The smallest absolute Gasteiger partial charge is 0.278 e. The maximum atomic E-state index is 11.5. The van der Waals surface area contributed by atoms with Crippen LogP contribution in [0.3, 0.4) is 0 Å². The number of pyridine rings is 1. The lowest BCUT2D eigenvalue weighted by Gasteiger charge is -2.10. The Morgan fingerprint density at radius 3 is 3.06 bits per heavy atom. The van der Waals surface area contributed by atoms with Crippen LogP contribution >= 0.6 is 0 Å². The Labute approximate surface area is 93.1 Å². The van der Waals surface area contributed by atoms with Crippen LogP contribution in [-0.4, -0.2) is 0 Å². The van der Waals surface area contributed by atoms with Crippen molar-refractivity contribution in [1.29, 1.82) is 0 Å². The summed E-state index contributed by atoms with van der Waals surface area (Å²) in [6, 6.07) is 5.36. The predicted octanol–water partition coefficient (Wildman–Crippen LogP) is 1.42. The number of hydrogen-bond acceptors (Lipinski definition) is 4. The Balaban J connectivity index is 2.12. The van der Waals surface area contributed by atoms with Gasteiger partial charge in [-0.05, 0) is 24.6 Å². The molecule has 0 aliphatic carbocycles. The average Bonchev–Trinajstić information content (AvgIpc) is 2.74. The first kappa shape index (κ1) is 10.4. The molecule has 0 saturated heterocycles. The Bertz CT molecular complexity index is 480. The molecule has 0 saturated carbocycles. The minimum Gasteiger partial charge on any atom is -0.711 e. The number of aryl methyl sites for hydroxylation is 1. The molecule has 2 aromatic heterocycles. The van der Waals surface area contributed by atoms with E-state index >= 15 is 0 Å². The topological polar surface area (TPSA) is 78.1 Å². The molecule has 0 bridgehead atoms. The molecule has 5 heteroatoms. The molecule has 0 radical (unpaired) electrons. The van der Waals surface area contributed by atoms with Gasteiger partial charge in [0.05, 0.1) is 12.0 Å². The van der Waals surface area contributed by atoms with E-state index in [0.717, 1.165) is 11.3 Å². The SMILES string of the molecule is Cc1cc(NCc2ccco2)[n+]([O-])cc1N. The summed E-state index contributed by atoms with van der Waals surface area (Å²) in [7, 11) is 0. The first-order valence-electron chi connectivity index (χ1n) is 4.92. The Kier molecular flexibility index (Phi) is 2.68. The van der Waals surface area contributed by atoms with Gasteiger partial charge in [-0.2, -0.15) is 0 Å². The summed E-state index contributed by atoms with van der Waals surface area (Å²) in [5.41, 5.74) is 6.97. The summed E-state index contributed by atoms with van der Waals surface area (Å²) in [6.45, 7) is 2.33. The summed E-state index contributed by atoms with van der Waals surface area (Å²) < 4.78 is 5.86. The maximum absolute atomic E-state index is 11.5. The fourth-order valence-electron chi connectivity index (χ4n) is 1.37. The van der Waals surface area contributed by atoms with Crippen LogP contribution in [-0.2, 0) is 6.54 Å². The lowest BCUT2D eigenvalue weighted by Crippen LogP contribution is -2.31. The normalized spacial score (nSPS) is 10.3.